The van der Waals surface area contributed by atoms with Gasteiger partial charge in [0.15, 0.2) is 5.52 Å². The van der Waals surface area contributed by atoms with Gasteiger partial charge in [-0.15, -0.1) is 5.10 Å². The molecule has 0 amide bonds. The molecule has 4 aromatic rings. The molecule has 0 atom stereocenters. The van der Waals surface area contributed by atoms with E-state index in [-0.39, 0.29) is 5.52 Å². The molecule has 2 aromatic carbocycles. The van der Waals surface area contributed by atoms with Crippen LogP contribution in [-0.4, -0.2) is 15.0 Å². The lowest BCUT2D eigenvalue weighted by molar-refractivity contribution is 0.562. The van der Waals surface area contributed by atoms with Gasteiger partial charge in [0.2, 0.25) is 0 Å². The van der Waals surface area contributed by atoms with Gasteiger partial charge in [0, 0.05) is 5.39 Å². The Bertz CT molecular complexity index is 987. The van der Waals surface area contributed by atoms with Crippen molar-refractivity contribution in [2.75, 3.05) is 0 Å². The molecule has 0 bridgehead atoms. The van der Waals surface area contributed by atoms with Gasteiger partial charge in [-0.3, -0.25) is 0 Å². The Labute approximate surface area is 119 Å². The number of nitrogens with zero attached hydrogens (tertiary/aromatic N) is 3. The van der Waals surface area contributed by atoms with Crippen LogP contribution in [-0.2, 0) is 6.54 Å². The summed E-state index contributed by atoms with van der Waals surface area (Å²) in [6, 6.07) is 17.2. The Kier molecular flexibility index (Phi) is 2.57. The summed E-state index contributed by atoms with van der Waals surface area (Å²) < 4.78 is 5.27. The third-order valence-corrected chi connectivity index (χ3v) is 3.36. The summed E-state index contributed by atoms with van der Waals surface area (Å²) in [6.07, 6.45) is 0. The Balaban J connectivity index is 1.91. The molecule has 0 radical (unpaired) electrons. The molecule has 0 unspecified atom stereocenters. The van der Waals surface area contributed by atoms with Gasteiger partial charge in [0.05, 0.1) is 6.54 Å². The quantitative estimate of drug-likeness (QED) is 0.528. The number of para-hydroxylation sites is 1. The zero-order valence-electron chi connectivity index (χ0n) is 11.1. The lowest BCUT2D eigenvalue weighted by Crippen LogP contribution is -2.04. The Morgan fingerprint density at radius 3 is 2.48 bits per heavy atom. The molecule has 5 nitrogen and oxygen atoms in total. The van der Waals surface area contributed by atoms with Crippen LogP contribution < -0.4 is 5.63 Å². The van der Waals surface area contributed by atoms with E-state index in [2.05, 4.69) is 10.2 Å². The highest BCUT2D eigenvalue weighted by molar-refractivity contribution is 5.99. The lowest BCUT2D eigenvalue weighted by Gasteiger charge is -1.98. The van der Waals surface area contributed by atoms with Crippen molar-refractivity contribution in [3.8, 4) is 0 Å². The first-order valence-corrected chi connectivity index (χ1v) is 6.62. The summed E-state index contributed by atoms with van der Waals surface area (Å²) in [6.45, 7) is 0.517. The second-order valence-electron chi connectivity index (χ2n) is 4.80. The monoisotopic (exact) mass is 277 g/mol. The number of aromatic nitrogens is 3. The topological polar surface area (TPSA) is 60.9 Å². The minimum atomic E-state index is -0.456. The van der Waals surface area contributed by atoms with Crippen molar-refractivity contribution in [2.24, 2.45) is 0 Å². The van der Waals surface area contributed by atoms with E-state index < -0.39 is 5.63 Å². The van der Waals surface area contributed by atoms with Gasteiger partial charge in [0.1, 0.15) is 11.1 Å². The van der Waals surface area contributed by atoms with E-state index in [0.717, 1.165) is 10.9 Å². The highest BCUT2D eigenvalue weighted by Gasteiger charge is 2.13. The molecular formula is C16H11N3O2. The van der Waals surface area contributed by atoms with Crippen LogP contribution in [0.5, 0.6) is 0 Å². The third-order valence-electron chi connectivity index (χ3n) is 3.36. The van der Waals surface area contributed by atoms with Crippen LogP contribution in [0.3, 0.4) is 0 Å². The van der Waals surface area contributed by atoms with E-state index in [1.165, 1.54) is 4.80 Å². The van der Waals surface area contributed by atoms with Crippen molar-refractivity contribution in [3.63, 3.8) is 0 Å². The van der Waals surface area contributed by atoms with Gasteiger partial charge in [-0.25, -0.2) is 4.79 Å². The van der Waals surface area contributed by atoms with E-state index in [1.54, 1.807) is 6.07 Å². The van der Waals surface area contributed by atoms with Crippen LogP contribution in [0.2, 0.25) is 0 Å². The number of hydrogen-bond acceptors (Lipinski definition) is 4. The number of hydrogen-bond donors (Lipinski definition) is 0. The molecular weight excluding hydrogens is 266 g/mol. The fraction of sp³-hybridized carbons (Fsp3) is 0.0625. The zero-order valence-corrected chi connectivity index (χ0v) is 11.1. The average molecular weight is 277 g/mol. The third kappa shape index (κ3) is 1.99. The minimum Gasteiger partial charge on any atom is -0.421 e. The van der Waals surface area contributed by atoms with E-state index in [9.17, 15) is 4.79 Å². The van der Waals surface area contributed by atoms with E-state index >= 15 is 0 Å². The van der Waals surface area contributed by atoms with Crippen molar-refractivity contribution in [3.05, 3.63) is 70.6 Å². The van der Waals surface area contributed by atoms with Crippen LogP contribution in [0.25, 0.3) is 22.0 Å². The highest BCUT2D eigenvalue weighted by Crippen LogP contribution is 2.19. The predicted molar refractivity (Wildman–Crippen MR) is 79.1 cm³/mol. The summed E-state index contributed by atoms with van der Waals surface area (Å²) in [5, 5.41) is 9.50. The van der Waals surface area contributed by atoms with Crippen molar-refractivity contribution < 1.29 is 4.42 Å². The molecule has 0 N–H and O–H groups in total. The molecule has 0 aliphatic heterocycles. The maximum atomic E-state index is 12.0. The molecule has 102 valence electrons. The molecule has 0 spiro atoms. The molecule has 0 saturated heterocycles. The van der Waals surface area contributed by atoms with Crippen molar-refractivity contribution in [1.82, 2.24) is 15.0 Å². The summed E-state index contributed by atoms with van der Waals surface area (Å²) in [5.74, 6) is 0. The SMILES string of the molecule is O=c1oc2ccccc2c2nn(Cc3ccccc3)nc12. The Morgan fingerprint density at radius 2 is 1.62 bits per heavy atom. The summed E-state index contributed by atoms with van der Waals surface area (Å²) in [4.78, 5) is 13.5. The van der Waals surface area contributed by atoms with Gasteiger partial charge >= 0.3 is 5.63 Å². The van der Waals surface area contributed by atoms with E-state index in [1.807, 2.05) is 48.5 Å². The van der Waals surface area contributed by atoms with Crippen LogP contribution in [0.4, 0.5) is 0 Å². The molecule has 0 aliphatic rings. The molecule has 0 fully saturated rings. The van der Waals surface area contributed by atoms with E-state index in [4.69, 9.17) is 4.42 Å². The minimum absolute atomic E-state index is 0.268. The first-order valence-electron chi connectivity index (χ1n) is 6.62. The predicted octanol–water partition coefficient (Wildman–Crippen LogP) is 2.59. The fourth-order valence-corrected chi connectivity index (χ4v) is 2.38. The maximum Gasteiger partial charge on any atom is 0.366 e. The lowest BCUT2D eigenvalue weighted by atomic mass is 10.2. The first kappa shape index (κ1) is 11.8. The average Bonchev–Trinajstić information content (AvgIpc) is 2.93. The van der Waals surface area contributed by atoms with Gasteiger partial charge in [-0.05, 0) is 17.7 Å². The highest BCUT2D eigenvalue weighted by atomic mass is 16.4. The van der Waals surface area contributed by atoms with Crippen molar-refractivity contribution >= 4 is 22.0 Å². The van der Waals surface area contributed by atoms with Gasteiger partial charge in [-0.1, -0.05) is 42.5 Å². The van der Waals surface area contributed by atoms with Crippen LogP contribution >= 0.6 is 0 Å². The molecule has 4 rings (SSSR count). The van der Waals surface area contributed by atoms with E-state index in [0.29, 0.717) is 17.6 Å². The second kappa shape index (κ2) is 4.56. The molecule has 21 heavy (non-hydrogen) atoms. The Morgan fingerprint density at radius 1 is 0.905 bits per heavy atom. The van der Waals surface area contributed by atoms with Gasteiger partial charge in [0.25, 0.3) is 0 Å². The molecule has 2 aromatic heterocycles. The molecule has 0 aliphatic carbocycles. The number of rotatable bonds is 2. The fourth-order valence-electron chi connectivity index (χ4n) is 2.38. The zero-order chi connectivity index (χ0) is 14.2. The summed E-state index contributed by atoms with van der Waals surface area (Å²) in [7, 11) is 0. The maximum absolute atomic E-state index is 12.0. The second-order valence-corrected chi connectivity index (χ2v) is 4.80. The van der Waals surface area contributed by atoms with Crippen molar-refractivity contribution in [1.29, 1.82) is 0 Å². The normalized spacial score (nSPS) is 11.2. The van der Waals surface area contributed by atoms with Gasteiger partial charge in [-0.2, -0.15) is 9.90 Å². The van der Waals surface area contributed by atoms with Crippen molar-refractivity contribution in [2.45, 2.75) is 6.54 Å². The number of benzene rings is 2. The number of fused-ring (bicyclic) bond motifs is 3. The summed E-state index contributed by atoms with van der Waals surface area (Å²) in [5.41, 5.74) is 2.00. The van der Waals surface area contributed by atoms with Crippen LogP contribution in [0.1, 0.15) is 5.56 Å². The smallest absolute Gasteiger partial charge is 0.366 e. The van der Waals surface area contributed by atoms with Crippen LogP contribution in [0.15, 0.2) is 63.8 Å². The molecule has 2 heterocycles. The largest absolute Gasteiger partial charge is 0.421 e. The van der Waals surface area contributed by atoms with Crippen LogP contribution in [0, 0.1) is 0 Å². The van der Waals surface area contributed by atoms with Gasteiger partial charge < -0.3 is 4.42 Å². The first-order chi connectivity index (χ1) is 10.3. The summed E-state index contributed by atoms with van der Waals surface area (Å²) >= 11 is 0. The Hall–Kier alpha value is -2.95. The molecule has 0 saturated carbocycles. The molecule has 5 heteroatoms. The standard InChI is InChI=1S/C16H11N3O2/c20-16-15-14(12-8-4-5-9-13(12)21-16)17-19(18-15)10-11-6-2-1-3-7-11/h1-9H,10H2.